The van der Waals surface area contributed by atoms with Crippen LogP contribution >= 0.6 is 12.4 Å². The lowest BCUT2D eigenvalue weighted by atomic mass is 9.65. The van der Waals surface area contributed by atoms with Crippen LogP contribution in [0.25, 0.3) is 0 Å². The zero-order valence-corrected chi connectivity index (χ0v) is 15.3. The number of hydrogen-bond acceptors (Lipinski definition) is 4. The van der Waals surface area contributed by atoms with E-state index in [4.69, 9.17) is 5.73 Å². The number of hydrazine groups is 1. The molecule has 2 aliphatic carbocycles. The van der Waals surface area contributed by atoms with Gasteiger partial charge in [0, 0.05) is 18.5 Å². The molecule has 1 saturated heterocycles. The maximum absolute atomic E-state index is 12.9. The third-order valence-electron chi connectivity index (χ3n) is 6.25. The molecule has 1 amide bonds. The Morgan fingerprint density at radius 1 is 1.12 bits per heavy atom. The van der Waals surface area contributed by atoms with Crippen molar-refractivity contribution in [2.75, 3.05) is 6.54 Å². The normalized spacial score (nSPS) is 37.2. The van der Waals surface area contributed by atoms with Gasteiger partial charge in [0.25, 0.3) is 0 Å². The molecule has 1 heterocycles. The monoisotopic (exact) mass is 364 g/mol. The minimum absolute atomic E-state index is 0. The fourth-order valence-electron chi connectivity index (χ4n) is 4.91. The van der Waals surface area contributed by atoms with Crippen LogP contribution < -0.4 is 21.9 Å². The van der Waals surface area contributed by atoms with Crippen LogP contribution in [0.4, 0.5) is 0 Å². The molecular formula is C19H29ClN4O. The third-order valence-corrected chi connectivity index (χ3v) is 6.25. The van der Waals surface area contributed by atoms with E-state index in [1.54, 1.807) is 0 Å². The van der Waals surface area contributed by atoms with Crippen LogP contribution in [0.3, 0.4) is 0 Å². The molecule has 1 aliphatic heterocycles. The van der Waals surface area contributed by atoms with Gasteiger partial charge in [-0.25, -0.2) is 5.43 Å². The van der Waals surface area contributed by atoms with Crippen LogP contribution in [0.1, 0.15) is 43.7 Å². The fourth-order valence-corrected chi connectivity index (χ4v) is 4.91. The van der Waals surface area contributed by atoms with Crippen molar-refractivity contribution in [2.45, 2.75) is 50.2 Å². The number of carbonyl (C=O) groups excluding carboxylic acids is 1. The second-order valence-electron chi connectivity index (χ2n) is 7.73. The van der Waals surface area contributed by atoms with E-state index in [1.807, 2.05) is 18.2 Å². The van der Waals surface area contributed by atoms with Crippen LogP contribution in [0.2, 0.25) is 0 Å². The fraction of sp³-hybridized carbons (Fsp3) is 0.632. The Morgan fingerprint density at radius 3 is 2.48 bits per heavy atom. The van der Waals surface area contributed by atoms with Crippen molar-refractivity contribution in [1.29, 1.82) is 0 Å². The maximum Gasteiger partial charge on any atom is 0.223 e. The molecule has 138 valence electrons. The topological polar surface area (TPSA) is 79.2 Å². The molecule has 3 aliphatic rings. The predicted molar refractivity (Wildman–Crippen MR) is 101 cm³/mol. The van der Waals surface area contributed by atoms with Crippen LogP contribution in [-0.2, 0) is 4.79 Å². The summed E-state index contributed by atoms with van der Waals surface area (Å²) in [7, 11) is 0. The van der Waals surface area contributed by atoms with Gasteiger partial charge in [0.05, 0.1) is 12.1 Å². The van der Waals surface area contributed by atoms with E-state index in [0.29, 0.717) is 17.9 Å². The minimum Gasteiger partial charge on any atom is -0.350 e. The van der Waals surface area contributed by atoms with Gasteiger partial charge in [-0.2, -0.15) is 0 Å². The van der Waals surface area contributed by atoms with E-state index in [0.717, 1.165) is 19.4 Å². The zero-order chi connectivity index (χ0) is 16.5. The molecule has 5 nitrogen and oxygen atoms in total. The lowest BCUT2D eigenvalue weighted by Gasteiger charge is -2.43. The quantitative estimate of drug-likeness (QED) is 0.660. The molecule has 0 radical (unpaired) electrons. The van der Waals surface area contributed by atoms with Crippen LogP contribution in [0.5, 0.6) is 0 Å². The first-order valence-electron chi connectivity index (χ1n) is 9.31. The molecule has 6 heteroatoms. The number of nitrogens with one attached hydrogen (secondary N) is 3. The van der Waals surface area contributed by atoms with E-state index in [9.17, 15) is 4.79 Å². The molecule has 0 aromatic heterocycles. The molecule has 4 rings (SSSR count). The molecule has 4 atom stereocenters. The van der Waals surface area contributed by atoms with Crippen molar-refractivity contribution in [2.24, 2.45) is 23.5 Å². The van der Waals surface area contributed by atoms with Gasteiger partial charge >= 0.3 is 0 Å². The van der Waals surface area contributed by atoms with Crippen molar-refractivity contribution >= 4 is 18.3 Å². The van der Waals surface area contributed by atoms with Crippen LogP contribution in [0, 0.1) is 17.8 Å². The molecule has 4 unspecified atom stereocenters. The standard InChI is InChI=1S/C19H28N4O.ClH/c20-17-13-7-4-8-14(17)10-15(9-13)19(24)22-16-11-21-23-18(16)12-5-2-1-3-6-12;/h1-3,5-6,13-18,21,23H,4,7-11,20H2,(H,22,24);1H. The molecule has 2 bridgehead atoms. The summed E-state index contributed by atoms with van der Waals surface area (Å²) in [4.78, 5) is 12.9. The summed E-state index contributed by atoms with van der Waals surface area (Å²) in [6.07, 6.45) is 5.60. The Morgan fingerprint density at radius 2 is 1.80 bits per heavy atom. The molecule has 1 aromatic carbocycles. The second-order valence-corrected chi connectivity index (χ2v) is 7.73. The Labute approximate surface area is 155 Å². The summed E-state index contributed by atoms with van der Waals surface area (Å²) in [6.45, 7) is 0.754. The molecular weight excluding hydrogens is 336 g/mol. The maximum atomic E-state index is 12.9. The van der Waals surface area contributed by atoms with Gasteiger partial charge < -0.3 is 11.1 Å². The number of amides is 1. The summed E-state index contributed by atoms with van der Waals surface area (Å²) < 4.78 is 0. The number of nitrogens with two attached hydrogens (primary N) is 1. The van der Waals surface area contributed by atoms with Gasteiger partial charge in [-0.15, -0.1) is 12.4 Å². The Hall–Kier alpha value is -1.14. The number of benzene rings is 1. The predicted octanol–water partition coefficient (Wildman–Crippen LogP) is 1.90. The summed E-state index contributed by atoms with van der Waals surface area (Å²) >= 11 is 0. The molecule has 1 aromatic rings. The van der Waals surface area contributed by atoms with Crippen LogP contribution in [0.15, 0.2) is 30.3 Å². The lowest BCUT2D eigenvalue weighted by Crippen LogP contribution is -2.51. The highest BCUT2D eigenvalue weighted by atomic mass is 35.5. The lowest BCUT2D eigenvalue weighted by molar-refractivity contribution is -0.128. The summed E-state index contributed by atoms with van der Waals surface area (Å²) in [5.41, 5.74) is 14.0. The van der Waals surface area contributed by atoms with Crippen molar-refractivity contribution in [3.05, 3.63) is 35.9 Å². The first-order chi connectivity index (χ1) is 11.7. The van der Waals surface area contributed by atoms with Crippen molar-refractivity contribution < 1.29 is 4.79 Å². The highest BCUT2D eigenvalue weighted by Crippen LogP contribution is 2.42. The van der Waals surface area contributed by atoms with Gasteiger partial charge in [-0.1, -0.05) is 36.8 Å². The minimum atomic E-state index is 0. The Balaban J connectivity index is 0.00000182. The smallest absolute Gasteiger partial charge is 0.223 e. The number of halogens is 1. The number of fused-ring (bicyclic) bond motifs is 2. The SMILES string of the molecule is Cl.NC1C2CCCC1CC(C(=O)NC1CNNC1c1ccccc1)C2. The molecule has 25 heavy (non-hydrogen) atoms. The largest absolute Gasteiger partial charge is 0.350 e. The second kappa shape index (κ2) is 8.04. The summed E-state index contributed by atoms with van der Waals surface area (Å²) in [5, 5.41) is 3.30. The Bertz CT molecular complexity index is 570. The van der Waals surface area contributed by atoms with E-state index in [1.165, 1.54) is 24.8 Å². The van der Waals surface area contributed by atoms with Gasteiger partial charge in [0.15, 0.2) is 0 Å². The zero-order valence-electron chi connectivity index (χ0n) is 14.5. The Kier molecular flexibility index (Phi) is 6.00. The number of rotatable bonds is 3. The first-order valence-corrected chi connectivity index (χ1v) is 9.31. The van der Waals surface area contributed by atoms with Crippen molar-refractivity contribution in [1.82, 2.24) is 16.2 Å². The number of hydrogen-bond donors (Lipinski definition) is 4. The van der Waals surface area contributed by atoms with Gasteiger partial charge in [0.2, 0.25) is 5.91 Å². The van der Waals surface area contributed by atoms with Crippen molar-refractivity contribution in [3.8, 4) is 0 Å². The van der Waals surface area contributed by atoms with Gasteiger partial charge in [-0.3, -0.25) is 10.2 Å². The average Bonchev–Trinajstić information content (AvgIpc) is 3.03. The van der Waals surface area contributed by atoms with E-state index < -0.39 is 0 Å². The molecule has 0 spiro atoms. The van der Waals surface area contributed by atoms with E-state index in [-0.39, 0.29) is 36.3 Å². The van der Waals surface area contributed by atoms with E-state index >= 15 is 0 Å². The number of carbonyl (C=O) groups is 1. The van der Waals surface area contributed by atoms with Gasteiger partial charge in [-0.05, 0) is 43.1 Å². The third kappa shape index (κ3) is 3.85. The molecule has 2 saturated carbocycles. The van der Waals surface area contributed by atoms with Crippen molar-refractivity contribution in [3.63, 3.8) is 0 Å². The summed E-state index contributed by atoms with van der Waals surface area (Å²) in [6, 6.07) is 10.8. The van der Waals surface area contributed by atoms with E-state index in [2.05, 4.69) is 28.3 Å². The molecule has 5 N–H and O–H groups in total. The first kappa shape index (κ1) is 18.6. The molecule has 3 fully saturated rings. The van der Waals surface area contributed by atoms with Gasteiger partial charge in [0.1, 0.15) is 0 Å². The highest BCUT2D eigenvalue weighted by molar-refractivity contribution is 5.85. The van der Waals surface area contributed by atoms with Crippen LogP contribution in [-0.4, -0.2) is 24.5 Å². The average molecular weight is 365 g/mol. The highest BCUT2D eigenvalue weighted by Gasteiger charge is 2.41. The summed E-state index contributed by atoms with van der Waals surface area (Å²) in [5.74, 6) is 1.43.